The Morgan fingerprint density at radius 1 is 1.57 bits per heavy atom. The number of aromatic nitrogens is 1. The largest absolute Gasteiger partial charge is 0.341 e. The molecule has 0 saturated carbocycles. The van der Waals surface area contributed by atoms with Crippen molar-refractivity contribution in [2.45, 2.75) is 13.0 Å². The van der Waals surface area contributed by atoms with E-state index < -0.39 is 0 Å². The van der Waals surface area contributed by atoms with Gasteiger partial charge in [0.25, 0.3) is 0 Å². The normalized spacial score (nSPS) is 9.14. The Labute approximate surface area is 82.8 Å². The molecule has 0 aliphatic rings. The number of pyridine rings is 1. The Balaban J connectivity index is 2.54. The van der Waals surface area contributed by atoms with Crippen LogP contribution >= 0.6 is 0 Å². The average Bonchev–Trinajstić information content (AvgIpc) is 2.19. The standard InChI is InChI=1S/C10H11N3O/c1-13(10(14)2-5-11)8-9-3-6-12-7-4-9/h3-4,6-7H,2,8H2,1H3. The number of carbonyl (C=O) groups excluding carboxylic acids is 1. The molecule has 4 nitrogen and oxygen atoms in total. The monoisotopic (exact) mass is 189 g/mol. The van der Waals surface area contributed by atoms with Crippen molar-refractivity contribution in [1.82, 2.24) is 9.88 Å². The Hall–Kier alpha value is -1.89. The fourth-order valence-electron chi connectivity index (χ4n) is 1.05. The van der Waals surface area contributed by atoms with Gasteiger partial charge in [-0.25, -0.2) is 0 Å². The lowest BCUT2D eigenvalue weighted by molar-refractivity contribution is -0.129. The van der Waals surface area contributed by atoms with Crippen molar-refractivity contribution in [1.29, 1.82) is 5.26 Å². The van der Waals surface area contributed by atoms with Gasteiger partial charge in [-0.2, -0.15) is 5.26 Å². The van der Waals surface area contributed by atoms with Crippen LogP contribution in [0.3, 0.4) is 0 Å². The third kappa shape index (κ3) is 2.87. The molecule has 0 bridgehead atoms. The minimum Gasteiger partial charge on any atom is -0.341 e. The van der Waals surface area contributed by atoms with E-state index in [1.165, 1.54) is 4.90 Å². The first-order valence-electron chi connectivity index (χ1n) is 4.24. The van der Waals surface area contributed by atoms with Crippen LogP contribution in [0.1, 0.15) is 12.0 Å². The molecule has 1 aromatic rings. The SMILES string of the molecule is CN(Cc1ccncc1)C(=O)CC#N. The highest BCUT2D eigenvalue weighted by molar-refractivity contribution is 5.77. The molecule has 1 amide bonds. The first-order chi connectivity index (χ1) is 6.74. The quantitative estimate of drug-likeness (QED) is 0.711. The van der Waals surface area contributed by atoms with Crippen LogP contribution in [0.15, 0.2) is 24.5 Å². The van der Waals surface area contributed by atoms with E-state index in [2.05, 4.69) is 4.98 Å². The van der Waals surface area contributed by atoms with E-state index in [0.717, 1.165) is 5.56 Å². The summed E-state index contributed by atoms with van der Waals surface area (Å²) in [5.41, 5.74) is 1.01. The fraction of sp³-hybridized carbons (Fsp3) is 0.300. The van der Waals surface area contributed by atoms with Gasteiger partial charge in [0.2, 0.25) is 5.91 Å². The summed E-state index contributed by atoms with van der Waals surface area (Å²) in [4.78, 5) is 16.6. The van der Waals surface area contributed by atoms with Crippen LogP contribution < -0.4 is 0 Å². The molecule has 4 heteroatoms. The molecule has 0 fully saturated rings. The molecule has 0 spiro atoms. The van der Waals surface area contributed by atoms with E-state index in [0.29, 0.717) is 6.54 Å². The van der Waals surface area contributed by atoms with Crippen LogP contribution in [0.4, 0.5) is 0 Å². The summed E-state index contributed by atoms with van der Waals surface area (Å²) >= 11 is 0. The summed E-state index contributed by atoms with van der Waals surface area (Å²) < 4.78 is 0. The van der Waals surface area contributed by atoms with E-state index in [1.54, 1.807) is 19.4 Å². The Morgan fingerprint density at radius 2 is 2.21 bits per heavy atom. The average molecular weight is 189 g/mol. The zero-order valence-electron chi connectivity index (χ0n) is 7.97. The van der Waals surface area contributed by atoms with Crippen LogP contribution in [0.25, 0.3) is 0 Å². The number of rotatable bonds is 3. The van der Waals surface area contributed by atoms with Gasteiger partial charge in [0.1, 0.15) is 6.42 Å². The molecule has 1 rings (SSSR count). The van der Waals surface area contributed by atoms with Gasteiger partial charge >= 0.3 is 0 Å². The molecule has 0 aliphatic heterocycles. The summed E-state index contributed by atoms with van der Waals surface area (Å²) in [5.74, 6) is -0.163. The predicted octanol–water partition coefficient (Wildman–Crippen LogP) is 0.954. The molecule has 0 saturated heterocycles. The van der Waals surface area contributed by atoms with Crippen molar-refractivity contribution in [3.8, 4) is 6.07 Å². The topological polar surface area (TPSA) is 57.0 Å². The van der Waals surface area contributed by atoms with Crippen molar-refractivity contribution in [3.05, 3.63) is 30.1 Å². The molecule has 0 aromatic carbocycles. The number of hydrogen-bond acceptors (Lipinski definition) is 3. The number of carbonyl (C=O) groups is 1. The smallest absolute Gasteiger partial charge is 0.236 e. The second kappa shape index (κ2) is 4.97. The van der Waals surface area contributed by atoms with E-state index in [4.69, 9.17) is 5.26 Å². The van der Waals surface area contributed by atoms with Crippen molar-refractivity contribution < 1.29 is 4.79 Å². The number of amides is 1. The Morgan fingerprint density at radius 3 is 2.79 bits per heavy atom. The molecular weight excluding hydrogens is 178 g/mol. The zero-order chi connectivity index (χ0) is 10.4. The zero-order valence-corrected chi connectivity index (χ0v) is 7.97. The van der Waals surface area contributed by atoms with Gasteiger partial charge in [0, 0.05) is 26.0 Å². The lowest BCUT2D eigenvalue weighted by Crippen LogP contribution is -2.25. The minimum absolute atomic E-state index is 0.0679. The first kappa shape index (κ1) is 10.2. The van der Waals surface area contributed by atoms with Crippen LogP contribution in [-0.2, 0) is 11.3 Å². The summed E-state index contributed by atoms with van der Waals surface area (Å²) in [6.07, 6.45) is 3.29. The van der Waals surface area contributed by atoms with E-state index in [1.807, 2.05) is 18.2 Å². The highest BCUT2D eigenvalue weighted by Crippen LogP contribution is 2.02. The molecule has 0 aliphatic carbocycles. The van der Waals surface area contributed by atoms with Crippen molar-refractivity contribution in [3.63, 3.8) is 0 Å². The van der Waals surface area contributed by atoms with Gasteiger partial charge in [-0.1, -0.05) is 0 Å². The molecule has 14 heavy (non-hydrogen) atoms. The summed E-state index contributed by atoms with van der Waals surface area (Å²) in [6, 6.07) is 5.52. The number of nitrogens with zero attached hydrogens (tertiary/aromatic N) is 3. The maximum absolute atomic E-state index is 11.2. The predicted molar refractivity (Wildman–Crippen MR) is 50.9 cm³/mol. The molecule has 0 N–H and O–H groups in total. The van der Waals surface area contributed by atoms with Crippen LogP contribution in [-0.4, -0.2) is 22.8 Å². The highest BCUT2D eigenvalue weighted by atomic mass is 16.2. The van der Waals surface area contributed by atoms with Crippen molar-refractivity contribution in [2.75, 3.05) is 7.05 Å². The van der Waals surface area contributed by atoms with E-state index >= 15 is 0 Å². The second-order valence-electron chi connectivity index (χ2n) is 2.94. The summed E-state index contributed by atoms with van der Waals surface area (Å²) in [7, 11) is 1.68. The number of hydrogen-bond donors (Lipinski definition) is 0. The van der Waals surface area contributed by atoms with Crippen LogP contribution in [0.2, 0.25) is 0 Å². The van der Waals surface area contributed by atoms with E-state index in [-0.39, 0.29) is 12.3 Å². The van der Waals surface area contributed by atoms with Crippen LogP contribution in [0, 0.1) is 11.3 Å². The number of nitriles is 1. The van der Waals surface area contributed by atoms with Gasteiger partial charge in [0.15, 0.2) is 0 Å². The van der Waals surface area contributed by atoms with Gasteiger partial charge < -0.3 is 4.90 Å². The Kier molecular flexibility index (Phi) is 3.62. The second-order valence-corrected chi connectivity index (χ2v) is 2.94. The molecule has 1 aromatic heterocycles. The first-order valence-corrected chi connectivity index (χ1v) is 4.24. The maximum Gasteiger partial charge on any atom is 0.236 e. The Bertz CT molecular complexity index is 342. The molecule has 1 heterocycles. The van der Waals surface area contributed by atoms with Gasteiger partial charge in [-0.3, -0.25) is 9.78 Å². The minimum atomic E-state index is -0.163. The van der Waals surface area contributed by atoms with E-state index in [9.17, 15) is 4.79 Å². The molecular formula is C10H11N3O. The molecule has 0 atom stereocenters. The van der Waals surface area contributed by atoms with Gasteiger partial charge in [-0.05, 0) is 17.7 Å². The molecule has 72 valence electrons. The van der Waals surface area contributed by atoms with Gasteiger partial charge in [-0.15, -0.1) is 0 Å². The lowest BCUT2D eigenvalue weighted by Gasteiger charge is -2.15. The van der Waals surface area contributed by atoms with Crippen LogP contribution in [0.5, 0.6) is 0 Å². The maximum atomic E-state index is 11.2. The molecule has 0 unspecified atom stereocenters. The lowest BCUT2D eigenvalue weighted by atomic mass is 10.2. The van der Waals surface area contributed by atoms with Crippen molar-refractivity contribution >= 4 is 5.91 Å². The third-order valence-corrected chi connectivity index (χ3v) is 1.83. The summed E-state index contributed by atoms with van der Waals surface area (Å²) in [5, 5.41) is 8.34. The van der Waals surface area contributed by atoms with Crippen molar-refractivity contribution in [2.24, 2.45) is 0 Å². The van der Waals surface area contributed by atoms with Gasteiger partial charge in [0.05, 0.1) is 6.07 Å². The highest BCUT2D eigenvalue weighted by Gasteiger charge is 2.07. The molecule has 0 radical (unpaired) electrons. The third-order valence-electron chi connectivity index (χ3n) is 1.83. The fourth-order valence-corrected chi connectivity index (χ4v) is 1.05. The summed E-state index contributed by atoms with van der Waals surface area (Å²) in [6.45, 7) is 0.517.